The van der Waals surface area contributed by atoms with E-state index >= 15 is 0 Å². The van der Waals surface area contributed by atoms with Crippen molar-refractivity contribution in [3.63, 3.8) is 0 Å². The van der Waals surface area contributed by atoms with Gasteiger partial charge < -0.3 is 4.74 Å². The summed E-state index contributed by atoms with van der Waals surface area (Å²) in [5.41, 5.74) is 0.955. The molecular weight excluding hydrogens is 334 g/mol. The lowest BCUT2D eigenvalue weighted by atomic mass is 10.2. The lowest BCUT2D eigenvalue weighted by Gasteiger charge is -2.06. The second kappa shape index (κ2) is 5.32. The summed E-state index contributed by atoms with van der Waals surface area (Å²) < 4.78 is 29.7. The smallest absolute Gasteiger partial charge is 0.241 e. The van der Waals surface area contributed by atoms with Crippen molar-refractivity contribution in [1.82, 2.24) is 9.78 Å². The highest BCUT2D eigenvalue weighted by Crippen LogP contribution is 2.25. The molecule has 0 bridgehead atoms. The number of hydrogen-bond donors (Lipinski definition) is 1. The molecule has 0 amide bonds. The molecule has 0 aliphatic carbocycles. The number of nitrogens with two attached hydrogens (primary N) is 1. The largest absolute Gasteiger partial charge is 0.496 e. The Hall–Kier alpha value is -1.38. The van der Waals surface area contributed by atoms with Gasteiger partial charge in [0.25, 0.3) is 0 Å². The summed E-state index contributed by atoms with van der Waals surface area (Å²) in [6, 6.07) is 5.59. The topological polar surface area (TPSA) is 87.2 Å². The van der Waals surface area contributed by atoms with Gasteiger partial charge in [0.05, 0.1) is 24.3 Å². The van der Waals surface area contributed by atoms with E-state index in [1.807, 2.05) is 18.2 Å². The van der Waals surface area contributed by atoms with Crippen molar-refractivity contribution in [3.8, 4) is 5.75 Å². The van der Waals surface area contributed by atoms with Crippen LogP contribution in [-0.4, -0.2) is 25.3 Å². The van der Waals surface area contributed by atoms with E-state index in [0.29, 0.717) is 6.54 Å². The van der Waals surface area contributed by atoms with Gasteiger partial charge in [-0.15, -0.1) is 0 Å². The molecule has 102 valence electrons. The first-order chi connectivity index (χ1) is 8.90. The fourth-order valence-electron chi connectivity index (χ4n) is 1.57. The molecule has 2 rings (SSSR count). The van der Waals surface area contributed by atoms with Crippen molar-refractivity contribution in [2.45, 2.75) is 11.4 Å². The number of ether oxygens (including phenoxy) is 1. The van der Waals surface area contributed by atoms with Gasteiger partial charge >= 0.3 is 0 Å². The number of primary sulfonamides is 1. The van der Waals surface area contributed by atoms with Crippen molar-refractivity contribution >= 4 is 26.0 Å². The third-order valence-electron chi connectivity index (χ3n) is 2.50. The Morgan fingerprint density at radius 2 is 2.21 bits per heavy atom. The predicted octanol–water partition coefficient (Wildman–Crippen LogP) is 1.35. The first kappa shape index (κ1) is 14.0. The van der Waals surface area contributed by atoms with E-state index in [2.05, 4.69) is 21.0 Å². The molecule has 0 saturated carbocycles. The lowest BCUT2D eigenvalue weighted by Crippen LogP contribution is -2.11. The van der Waals surface area contributed by atoms with Crippen LogP contribution in [0.3, 0.4) is 0 Å². The zero-order chi connectivity index (χ0) is 14.0. The highest BCUT2D eigenvalue weighted by atomic mass is 79.9. The van der Waals surface area contributed by atoms with E-state index in [9.17, 15) is 8.42 Å². The van der Waals surface area contributed by atoms with Crippen molar-refractivity contribution in [3.05, 3.63) is 40.6 Å². The van der Waals surface area contributed by atoms with Crippen molar-refractivity contribution in [2.24, 2.45) is 5.14 Å². The summed E-state index contributed by atoms with van der Waals surface area (Å²) in [5.74, 6) is 0.731. The highest BCUT2D eigenvalue weighted by Gasteiger charge is 2.11. The first-order valence-corrected chi connectivity index (χ1v) is 7.62. The zero-order valence-corrected chi connectivity index (χ0v) is 12.5. The maximum atomic E-state index is 11.1. The van der Waals surface area contributed by atoms with Gasteiger partial charge in [-0.25, -0.2) is 13.6 Å². The summed E-state index contributed by atoms with van der Waals surface area (Å²) in [5, 5.41) is 8.98. The average Bonchev–Trinajstić information content (AvgIpc) is 2.77. The molecule has 0 unspecified atom stereocenters. The third-order valence-corrected chi connectivity index (χ3v) is 3.99. The van der Waals surface area contributed by atoms with Crippen LogP contribution in [0.1, 0.15) is 5.56 Å². The van der Waals surface area contributed by atoms with Gasteiger partial charge in [0.15, 0.2) is 0 Å². The fourth-order valence-corrected chi connectivity index (χ4v) is 2.62. The molecule has 0 saturated heterocycles. The van der Waals surface area contributed by atoms with Crippen LogP contribution < -0.4 is 9.88 Å². The summed E-state index contributed by atoms with van der Waals surface area (Å²) >= 11 is 3.39. The van der Waals surface area contributed by atoms with E-state index in [1.54, 1.807) is 7.11 Å². The van der Waals surface area contributed by atoms with Crippen molar-refractivity contribution in [2.75, 3.05) is 7.11 Å². The molecule has 0 fully saturated rings. The molecule has 8 heteroatoms. The van der Waals surface area contributed by atoms with Crippen LogP contribution >= 0.6 is 15.9 Å². The standard InChI is InChI=1S/C11H12BrN3O3S/c1-18-11-3-2-8(4-10(11)12)6-15-7-9(5-14-15)19(13,16)17/h2-5,7H,6H2,1H3,(H2,13,16,17). The Morgan fingerprint density at radius 3 is 2.74 bits per heavy atom. The monoisotopic (exact) mass is 345 g/mol. The molecule has 2 aromatic rings. The van der Waals surface area contributed by atoms with E-state index in [4.69, 9.17) is 9.88 Å². The summed E-state index contributed by atoms with van der Waals surface area (Å²) in [7, 11) is -2.12. The van der Waals surface area contributed by atoms with Gasteiger partial charge in [0.1, 0.15) is 10.6 Å². The van der Waals surface area contributed by atoms with Crippen LogP contribution in [0, 0.1) is 0 Å². The predicted molar refractivity (Wildman–Crippen MR) is 73.4 cm³/mol. The number of aromatic nitrogens is 2. The number of sulfonamides is 1. The van der Waals surface area contributed by atoms with Crippen LogP contribution in [0.15, 0.2) is 40.0 Å². The highest BCUT2D eigenvalue weighted by molar-refractivity contribution is 9.10. The summed E-state index contributed by atoms with van der Waals surface area (Å²) in [6.07, 6.45) is 2.63. The summed E-state index contributed by atoms with van der Waals surface area (Å²) in [6.45, 7) is 0.443. The lowest BCUT2D eigenvalue weighted by molar-refractivity contribution is 0.412. The van der Waals surface area contributed by atoms with Gasteiger partial charge in [-0.1, -0.05) is 6.07 Å². The number of hydrogen-bond acceptors (Lipinski definition) is 4. The first-order valence-electron chi connectivity index (χ1n) is 5.28. The minimum Gasteiger partial charge on any atom is -0.496 e. The Morgan fingerprint density at radius 1 is 1.47 bits per heavy atom. The quantitative estimate of drug-likeness (QED) is 0.905. The molecule has 0 aliphatic rings. The second-order valence-corrected chi connectivity index (χ2v) is 6.30. The Balaban J connectivity index is 2.22. The molecule has 0 aliphatic heterocycles. The van der Waals surface area contributed by atoms with Gasteiger partial charge in [-0.3, -0.25) is 4.68 Å². The number of nitrogens with zero attached hydrogens (tertiary/aromatic N) is 2. The number of methoxy groups -OCH3 is 1. The molecule has 6 nitrogen and oxygen atoms in total. The van der Waals surface area contributed by atoms with Crippen molar-refractivity contribution < 1.29 is 13.2 Å². The Bertz CT molecular complexity index is 697. The minimum absolute atomic E-state index is 0.0000716. The van der Waals surface area contributed by atoms with Crippen LogP contribution in [-0.2, 0) is 16.6 Å². The average molecular weight is 346 g/mol. The van der Waals surface area contributed by atoms with Crippen LogP contribution in [0.4, 0.5) is 0 Å². The number of rotatable bonds is 4. The van der Waals surface area contributed by atoms with E-state index in [-0.39, 0.29) is 4.90 Å². The number of halogens is 1. The fraction of sp³-hybridized carbons (Fsp3) is 0.182. The van der Waals surface area contributed by atoms with Gasteiger partial charge in [0, 0.05) is 6.20 Å². The third kappa shape index (κ3) is 3.34. The maximum Gasteiger partial charge on any atom is 0.241 e. The normalized spacial score (nSPS) is 11.5. The zero-order valence-electron chi connectivity index (χ0n) is 10.1. The summed E-state index contributed by atoms with van der Waals surface area (Å²) in [4.78, 5) is 0.0000716. The Labute approximate surface area is 119 Å². The Kier molecular flexibility index (Phi) is 3.93. The number of benzene rings is 1. The van der Waals surface area contributed by atoms with Gasteiger partial charge in [0.2, 0.25) is 10.0 Å². The van der Waals surface area contributed by atoms with Gasteiger partial charge in [-0.05, 0) is 33.6 Å². The SMILES string of the molecule is COc1ccc(Cn2cc(S(N)(=O)=O)cn2)cc1Br. The van der Waals surface area contributed by atoms with Crippen LogP contribution in [0.25, 0.3) is 0 Å². The molecule has 0 spiro atoms. The van der Waals surface area contributed by atoms with Crippen LogP contribution in [0.2, 0.25) is 0 Å². The molecule has 0 atom stereocenters. The molecule has 1 aromatic heterocycles. The molecule has 0 radical (unpaired) electrons. The molecule has 1 aromatic carbocycles. The molecular formula is C11H12BrN3O3S. The van der Waals surface area contributed by atoms with Crippen molar-refractivity contribution in [1.29, 1.82) is 0 Å². The molecule has 19 heavy (non-hydrogen) atoms. The minimum atomic E-state index is -3.71. The van der Waals surface area contributed by atoms with E-state index in [1.165, 1.54) is 17.1 Å². The maximum absolute atomic E-state index is 11.1. The molecule has 1 heterocycles. The second-order valence-electron chi connectivity index (χ2n) is 3.89. The van der Waals surface area contributed by atoms with E-state index < -0.39 is 10.0 Å². The van der Waals surface area contributed by atoms with Gasteiger partial charge in [-0.2, -0.15) is 5.10 Å². The van der Waals surface area contributed by atoms with Crippen LogP contribution in [0.5, 0.6) is 5.75 Å². The molecule has 2 N–H and O–H groups in total. The van der Waals surface area contributed by atoms with E-state index in [0.717, 1.165) is 15.8 Å².